The zero-order chi connectivity index (χ0) is 14.0. The third-order valence-corrected chi connectivity index (χ3v) is 3.48. The largest absolute Gasteiger partial charge is 0.481 e. The number of hydrogen-bond donors (Lipinski definition) is 1. The minimum absolute atomic E-state index is 0.0607. The number of carbonyl (C=O) groups is 1. The van der Waals surface area contributed by atoms with Crippen molar-refractivity contribution in [3.05, 3.63) is 30.1 Å². The lowest BCUT2D eigenvalue weighted by atomic mass is 10.0. The minimum atomic E-state index is -0.825. The van der Waals surface area contributed by atoms with Crippen LogP contribution in [-0.4, -0.2) is 48.2 Å². The standard InChI is InChI=1S/C14H19FN2O2/c1-10-8-16(2)9-13(7-14(18)19)17(10)12-5-3-4-11(15)6-12/h3-6,10,13H,7-9H2,1-2H3,(H,18,19). The molecule has 0 radical (unpaired) electrons. The Hall–Kier alpha value is -1.62. The van der Waals surface area contributed by atoms with Gasteiger partial charge in [-0.05, 0) is 32.2 Å². The number of halogens is 1. The van der Waals surface area contributed by atoms with E-state index in [1.807, 2.05) is 24.9 Å². The summed E-state index contributed by atoms with van der Waals surface area (Å²) in [5.41, 5.74) is 0.756. The SMILES string of the molecule is CC1CN(C)CC(CC(=O)O)N1c1cccc(F)c1. The highest BCUT2D eigenvalue weighted by Crippen LogP contribution is 2.26. The predicted octanol–water partition coefficient (Wildman–Crippen LogP) is 1.81. The van der Waals surface area contributed by atoms with E-state index in [1.54, 1.807) is 6.07 Å². The molecule has 1 aromatic carbocycles. The first-order valence-electron chi connectivity index (χ1n) is 6.41. The Morgan fingerprint density at radius 3 is 2.84 bits per heavy atom. The van der Waals surface area contributed by atoms with Crippen LogP contribution >= 0.6 is 0 Å². The molecule has 1 heterocycles. The van der Waals surface area contributed by atoms with Gasteiger partial charge in [0.2, 0.25) is 0 Å². The van der Waals surface area contributed by atoms with Crippen LogP contribution in [0.5, 0.6) is 0 Å². The molecule has 1 aliphatic rings. The summed E-state index contributed by atoms with van der Waals surface area (Å²) in [5.74, 6) is -1.12. The van der Waals surface area contributed by atoms with Gasteiger partial charge in [0, 0.05) is 24.8 Å². The molecule has 2 unspecified atom stereocenters. The number of hydrogen-bond acceptors (Lipinski definition) is 3. The van der Waals surface area contributed by atoms with Crippen LogP contribution in [0, 0.1) is 5.82 Å². The van der Waals surface area contributed by atoms with E-state index in [-0.39, 0.29) is 24.3 Å². The molecule has 0 saturated carbocycles. The lowest BCUT2D eigenvalue weighted by molar-refractivity contribution is -0.137. The molecule has 0 aliphatic carbocycles. The van der Waals surface area contributed by atoms with Crippen molar-refractivity contribution in [2.75, 3.05) is 25.0 Å². The van der Waals surface area contributed by atoms with Gasteiger partial charge in [-0.3, -0.25) is 4.79 Å². The van der Waals surface area contributed by atoms with Crippen molar-refractivity contribution >= 4 is 11.7 Å². The van der Waals surface area contributed by atoms with E-state index in [1.165, 1.54) is 12.1 Å². The third kappa shape index (κ3) is 3.23. The summed E-state index contributed by atoms with van der Waals surface area (Å²) in [6, 6.07) is 6.39. The third-order valence-electron chi connectivity index (χ3n) is 3.48. The van der Waals surface area contributed by atoms with Crippen LogP contribution in [0.4, 0.5) is 10.1 Å². The fourth-order valence-electron chi connectivity index (χ4n) is 2.89. The van der Waals surface area contributed by atoms with Gasteiger partial charge in [-0.25, -0.2) is 4.39 Å². The van der Waals surface area contributed by atoms with E-state index in [0.717, 1.165) is 12.2 Å². The number of aliphatic carboxylic acids is 1. The first-order valence-corrected chi connectivity index (χ1v) is 6.41. The Morgan fingerprint density at radius 2 is 2.21 bits per heavy atom. The molecule has 1 saturated heterocycles. The molecule has 1 aromatic rings. The summed E-state index contributed by atoms with van der Waals surface area (Å²) >= 11 is 0. The van der Waals surface area contributed by atoms with Crippen molar-refractivity contribution in [3.63, 3.8) is 0 Å². The monoisotopic (exact) mass is 266 g/mol. The lowest BCUT2D eigenvalue weighted by Crippen LogP contribution is -2.57. The van der Waals surface area contributed by atoms with Gasteiger partial charge in [0.05, 0.1) is 12.5 Å². The van der Waals surface area contributed by atoms with Crippen LogP contribution < -0.4 is 4.90 Å². The van der Waals surface area contributed by atoms with Crippen LogP contribution in [0.3, 0.4) is 0 Å². The van der Waals surface area contributed by atoms with E-state index in [2.05, 4.69) is 4.90 Å². The smallest absolute Gasteiger partial charge is 0.305 e. The van der Waals surface area contributed by atoms with Crippen LogP contribution in [0.15, 0.2) is 24.3 Å². The molecular formula is C14H19FN2O2. The van der Waals surface area contributed by atoms with Crippen LogP contribution in [0.2, 0.25) is 0 Å². The number of nitrogens with zero attached hydrogens (tertiary/aromatic N) is 2. The maximum Gasteiger partial charge on any atom is 0.305 e. The Morgan fingerprint density at radius 1 is 1.47 bits per heavy atom. The van der Waals surface area contributed by atoms with Crippen LogP contribution in [0.1, 0.15) is 13.3 Å². The predicted molar refractivity (Wildman–Crippen MR) is 71.9 cm³/mol. The molecule has 104 valence electrons. The van der Waals surface area contributed by atoms with Crippen LogP contribution in [-0.2, 0) is 4.79 Å². The average molecular weight is 266 g/mol. The quantitative estimate of drug-likeness (QED) is 0.906. The van der Waals surface area contributed by atoms with Crippen molar-refractivity contribution < 1.29 is 14.3 Å². The second-order valence-electron chi connectivity index (χ2n) is 5.21. The van der Waals surface area contributed by atoms with Gasteiger partial charge in [0.15, 0.2) is 0 Å². The Balaban J connectivity index is 2.29. The summed E-state index contributed by atoms with van der Waals surface area (Å²) < 4.78 is 13.4. The molecule has 1 fully saturated rings. The van der Waals surface area contributed by atoms with Gasteiger partial charge < -0.3 is 14.9 Å². The number of anilines is 1. The number of benzene rings is 1. The number of carboxylic acid groups (broad SMARTS) is 1. The van der Waals surface area contributed by atoms with E-state index >= 15 is 0 Å². The van der Waals surface area contributed by atoms with Gasteiger partial charge >= 0.3 is 5.97 Å². The molecule has 0 bridgehead atoms. The summed E-state index contributed by atoms with van der Waals surface area (Å²) in [7, 11) is 1.98. The summed E-state index contributed by atoms with van der Waals surface area (Å²) in [6.45, 7) is 3.55. The number of likely N-dealkylation sites (N-methyl/N-ethyl adjacent to an activating group) is 1. The normalized spacial score (nSPS) is 24.5. The van der Waals surface area contributed by atoms with Gasteiger partial charge in [-0.2, -0.15) is 0 Å². The van der Waals surface area contributed by atoms with Gasteiger partial charge in [-0.15, -0.1) is 0 Å². The van der Waals surface area contributed by atoms with Crippen molar-refractivity contribution in [2.45, 2.75) is 25.4 Å². The van der Waals surface area contributed by atoms with Gasteiger partial charge in [0.25, 0.3) is 0 Å². The fourth-order valence-corrected chi connectivity index (χ4v) is 2.89. The second-order valence-corrected chi connectivity index (χ2v) is 5.21. The highest BCUT2D eigenvalue weighted by Gasteiger charge is 2.32. The zero-order valence-electron chi connectivity index (χ0n) is 11.2. The first-order chi connectivity index (χ1) is 8.97. The summed E-state index contributed by atoms with van der Waals surface area (Å²) in [5, 5.41) is 9.04. The van der Waals surface area contributed by atoms with Crippen LogP contribution in [0.25, 0.3) is 0 Å². The van der Waals surface area contributed by atoms with E-state index in [0.29, 0.717) is 6.54 Å². The van der Waals surface area contributed by atoms with E-state index < -0.39 is 5.97 Å². The molecule has 0 aromatic heterocycles. The van der Waals surface area contributed by atoms with Crippen molar-refractivity contribution in [2.24, 2.45) is 0 Å². The van der Waals surface area contributed by atoms with Crippen molar-refractivity contribution in [1.29, 1.82) is 0 Å². The van der Waals surface area contributed by atoms with E-state index in [9.17, 15) is 9.18 Å². The van der Waals surface area contributed by atoms with Gasteiger partial charge in [0.1, 0.15) is 5.82 Å². The lowest BCUT2D eigenvalue weighted by Gasteiger charge is -2.45. The van der Waals surface area contributed by atoms with Gasteiger partial charge in [-0.1, -0.05) is 6.07 Å². The highest BCUT2D eigenvalue weighted by atomic mass is 19.1. The Kier molecular flexibility index (Phi) is 4.04. The molecule has 2 atom stereocenters. The molecule has 1 aliphatic heterocycles. The Bertz CT molecular complexity index is 467. The molecule has 0 amide bonds. The topological polar surface area (TPSA) is 43.8 Å². The number of rotatable bonds is 3. The molecular weight excluding hydrogens is 247 g/mol. The summed E-state index contributed by atoms with van der Waals surface area (Å²) in [6.07, 6.45) is 0.0607. The van der Waals surface area contributed by atoms with Crippen molar-refractivity contribution in [1.82, 2.24) is 4.90 Å². The molecule has 5 heteroatoms. The van der Waals surface area contributed by atoms with E-state index in [4.69, 9.17) is 5.11 Å². The number of carboxylic acids is 1. The molecule has 1 N–H and O–H groups in total. The summed E-state index contributed by atoms with van der Waals surface area (Å²) in [4.78, 5) is 15.1. The Labute approximate surface area is 112 Å². The maximum atomic E-state index is 13.4. The first kappa shape index (κ1) is 13.8. The number of piperazine rings is 1. The highest BCUT2D eigenvalue weighted by molar-refractivity contribution is 5.69. The minimum Gasteiger partial charge on any atom is -0.481 e. The molecule has 0 spiro atoms. The zero-order valence-corrected chi connectivity index (χ0v) is 11.2. The molecule has 19 heavy (non-hydrogen) atoms. The average Bonchev–Trinajstić information content (AvgIpc) is 2.26. The fraction of sp³-hybridized carbons (Fsp3) is 0.500. The maximum absolute atomic E-state index is 13.4. The molecule has 2 rings (SSSR count). The second kappa shape index (κ2) is 5.57. The van der Waals surface area contributed by atoms with Crippen molar-refractivity contribution in [3.8, 4) is 0 Å². The molecule has 4 nitrogen and oxygen atoms in total.